The molecule has 2 atom stereocenters. The quantitative estimate of drug-likeness (QED) is 0.590. The number of piperazine rings is 1. The van der Waals surface area contributed by atoms with Gasteiger partial charge in [-0.1, -0.05) is 24.8 Å². The van der Waals surface area contributed by atoms with Gasteiger partial charge in [0.25, 0.3) is 0 Å². The van der Waals surface area contributed by atoms with E-state index in [2.05, 4.69) is 11.5 Å². The summed E-state index contributed by atoms with van der Waals surface area (Å²) in [5, 5.41) is 0. The van der Waals surface area contributed by atoms with Crippen LogP contribution in [0.3, 0.4) is 0 Å². The van der Waals surface area contributed by atoms with Crippen LogP contribution in [0.5, 0.6) is 5.75 Å². The van der Waals surface area contributed by atoms with Gasteiger partial charge < -0.3 is 14.5 Å². The van der Waals surface area contributed by atoms with Gasteiger partial charge in [-0.3, -0.25) is 14.5 Å². The summed E-state index contributed by atoms with van der Waals surface area (Å²) in [6.07, 6.45) is 1.78. The monoisotopic (exact) mass is 479 g/mol. The number of rotatable bonds is 6. The normalized spacial score (nSPS) is 19.1. The summed E-state index contributed by atoms with van der Waals surface area (Å²) in [7, 11) is 0. The first-order chi connectivity index (χ1) is 16.7. The summed E-state index contributed by atoms with van der Waals surface area (Å²) >= 11 is 0. The fourth-order valence-electron chi connectivity index (χ4n) is 4.93. The molecule has 0 saturated carbocycles. The van der Waals surface area contributed by atoms with E-state index < -0.39 is 0 Å². The summed E-state index contributed by atoms with van der Waals surface area (Å²) in [5.74, 6) is 0.518. The number of amides is 2. The smallest absolute Gasteiger partial charge is 0.246 e. The second-order valence-corrected chi connectivity index (χ2v) is 9.58. The molecule has 2 aromatic rings. The molecule has 0 spiro atoms. The van der Waals surface area contributed by atoms with E-state index in [0.29, 0.717) is 44.8 Å². The van der Waals surface area contributed by atoms with E-state index in [0.717, 1.165) is 23.3 Å². The predicted octanol–water partition coefficient (Wildman–Crippen LogP) is 3.88. The zero-order valence-corrected chi connectivity index (χ0v) is 20.8. The van der Waals surface area contributed by atoms with Gasteiger partial charge in [-0.15, -0.1) is 0 Å². The summed E-state index contributed by atoms with van der Waals surface area (Å²) in [5.41, 5.74) is 3.69. The van der Waals surface area contributed by atoms with E-state index in [4.69, 9.17) is 4.74 Å². The van der Waals surface area contributed by atoms with Crippen molar-refractivity contribution >= 4 is 11.8 Å². The number of nitrogens with zero attached hydrogens (tertiary/aromatic N) is 3. The number of benzene rings is 2. The van der Waals surface area contributed by atoms with Crippen molar-refractivity contribution in [3.63, 3.8) is 0 Å². The third kappa shape index (κ3) is 5.73. The molecule has 2 amide bonds. The van der Waals surface area contributed by atoms with Crippen molar-refractivity contribution in [1.82, 2.24) is 14.7 Å². The zero-order chi connectivity index (χ0) is 25.1. The lowest BCUT2D eigenvalue weighted by Crippen LogP contribution is -2.54. The Morgan fingerprint density at radius 1 is 1.17 bits per heavy atom. The first-order valence-corrected chi connectivity index (χ1v) is 12.2. The van der Waals surface area contributed by atoms with Crippen molar-refractivity contribution < 1.29 is 18.7 Å². The molecule has 35 heavy (non-hydrogen) atoms. The molecule has 1 saturated heterocycles. The Bertz CT molecular complexity index is 1120. The molecule has 2 aliphatic heterocycles. The first kappa shape index (κ1) is 24.9. The minimum Gasteiger partial charge on any atom is -0.484 e. The average molecular weight is 480 g/mol. The molecule has 4 rings (SSSR count). The Hall–Kier alpha value is -3.19. The molecule has 0 radical (unpaired) electrons. The maximum Gasteiger partial charge on any atom is 0.246 e. The van der Waals surface area contributed by atoms with Crippen LogP contribution in [0.25, 0.3) is 0 Å². The van der Waals surface area contributed by atoms with E-state index in [9.17, 15) is 14.0 Å². The van der Waals surface area contributed by atoms with Crippen LogP contribution < -0.4 is 4.74 Å². The number of aryl methyl sites for hydroxylation is 1. The molecule has 2 aliphatic rings. The largest absolute Gasteiger partial charge is 0.484 e. The molecule has 0 N–H and O–H groups in total. The number of carbonyl (C=O) groups excluding carboxylic acids is 2. The molecular weight excluding hydrogens is 445 g/mol. The third-order valence-corrected chi connectivity index (χ3v) is 7.07. The van der Waals surface area contributed by atoms with Crippen LogP contribution in [0.15, 0.2) is 49.1 Å². The molecule has 1 fully saturated rings. The Balaban J connectivity index is 1.53. The van der Waals surface area contributed by atoms with Gasteiger partial charge in [0, 0.05) is 52.2 Å². The van der Waals surface area contributed by atoms with Crippen molar-refractivity contribution in [3.8, 4) is 5.75 Å². The molecular formula is C28H34FN3O3. The van der Waals surface area contributed by atoms with Crippen LogP contribution in [0, 0.1) is 12.7 Å². The fourth-order valence-corrected chi connectivity index (χ4v) is 4.93. The fraction of sp³-hybridized carbons (Fsp3) is 0.429. The molecule has 0 bridgehead atoms. The van der Waals surface area contributed by atoms with Crippen LogP contribution in [0.4, 0.5) is 4.39 Å². The molecule has 0 aliphatic carbocycles. The maximum absolute atomic E-state index is 14.5. The van der Waals surface area contributed by atoms with Crippen LogP contribution in [0.2, 0.25) is 0 Å². The SMILES string of the molecule is C=CC(=O)N1CCN(C[C@H](Oc2ccc3c(c2)CCN(C(C)=O)C3)c2ccc(C)c(F)c2)C[C@H]1C. The lowest BCUT2D eigenvalue weighted by molar-refractivity contribution is -0.131. The minimum absolute atomic E-state index is 0.0528. The number of hydrogen-bond donors (Lipinski definition) is 0. The Labute approximate surface area is 207 Å². The highest BCUT2D eigenvalue weighted by Crippen LogP contribution is 2.29. The molecule has 0 unspecified atom stereocenters. The van der Waals surface area contributed by atoms with Gasteiger partial charge in [0.05, 0.1) is 0 Å². The lowest BCUT2D eigenvalue weighted by Gasteiger charge is -2.40. The molecule has 6 nitrogen and oxygen atoms in total. The molecule has 186 valence electrons. The van der Waals surface area contributed by atoms with E-state index in [-0.39, 0.29) is 29.8 Å². The van der Waals surface area contributed by atoms with Gasteiger partial charge in [-0.05, 0) is 66.8 Å². The highest BCUT2D eigenvalue weighted by atomic mass is 19.1. The van der Waals surface area contributed by atoms with E-state index in [1.54, 1.807) is 26.0 Å². The molecule has 7 heteroatoms. The predicted molar refractivity (Wildman–Crippen MR) is 134 cm³/mol. The van der Waals surface area contributed by atoms with E-state index in [1.165, 1.54) is 11.6 Å². The van der Waals surface area contributed by atoms with Crippen molar-refractivity contribution in [3.05, 3.63) is 77.1 Å². The second kappa shape index (κ2) is 10.6. The number of halogens is 1. The highest BCUT2D eigenvalue weighted by Gasteiger charge is 2.29. The molecule has 0 aromatic heterocycles. The summed E-state index contributed by atoms with van der Waals surface area (Å²) in [6.45, 7) is 12.9. The van der Waals surface area contributed by atoms with Gasteiger partial charge in [0.1, 0.15) is 17.7 Å². The Morgan fingerprint density at radius 3 is 2.66 bits per heavy atom. The van der Waals surface area contributed by atoms with Crippen molar-refractivity contribution in [2.75, 3.05) is 32.7 Å². The standard InChI is InChI=1S/C28H34FN3O3/c1-5-28(34)32-13-12-30(16-20(32)3)18-27(23-7-6-19(2)26(29)15-23)35-25-9-8-24-17-31(21(4)33)11-10-22(24)14-25/h5-9,14-15,20,27H,1,10-13,16-18H2,2-4H3/t20-,27+/m1/s1. The molecule has 2 heterocycles. The number of ether oxygens (including phenoxy) is 1. The Morgan fingerprint density at radius 2 is 1.97 bits per heavy atom. The minimum atomic E-state index is -0.366. The van der Waals surface area contributed by atoms with Gasteiger partial charge in [-0.25, -0.2) is 4.39 Å². The van der Waals surface area contributed by atoms with Crippen LogP contribution in [0.1, 0.15) is 42.2 Å². The number of carbonyl (C=O) groups is 2. The van der Waals surface area contributed by atoms with E-state index in [1.807, 2.05) is 41.0 Å². The molecule has 2 aromatic carbocycles. The third-order valence-electron chi connectivity index (χ3n) is 7.07. The van der Waals surface area contributed by atoms with Gasteiger partial charge in [-0.2, -0.15) is 0 Å². The van der Waals surface area contributed by atoms with Gasteiger partial charge in [0.15, 0.2) is 0 Å². The second-order valence-electron chi connectivity index (χ2n) is 9.58. The van der Waals surface area contributed by atoms with Crippen LogP contribution >= 0.6 is 0 Å². The Kier molecular flexibility index (Phi) is 7.55. The highest BCUT2D eigenvalue weighted by molar-refractivity contribution is 5.87. The lowest BCUT2D eigenvalue weighted by atomic mass is 9.99. The summed E-state index contributed by atoms with van der Waals surface area (Å²) < 4.78 is 21.0. The topological polar surface area (TPSA) is 53.1 Å². The van der Waals surface area contributed by atoms with Crippen LogP contribution in [-0.4, -0.2) is 65.3 Å². The average Bonchev–Trinajstić information content (AvgIpc) is 2.84. The van der Waals surface area contributed by atoms with Gasteiger partial charge >= 0.3 is 0 Å². The summed E-state index contributed by atoms with van der Waals surface area (Å²) in [4.78, 5) is 29.8. The zero-order valence-electron chi connectivity index (χ0n) is 20.8. The van der Waals surface area contributed by atoms with E-state index >= 15 is 0 Å². The maximum atomic E-state index is 14.5. The van der Waals surface area contributed by atoms with Crippen molar-refractivity contribution in [2.45, 2.75) is 45.9 Å². The van der Waals surface area contributed by atoms with Crippen LogP contribution in [-0.2, 0) is 22.6 Å². The first-order valence-electron chi connectivity index (χ1n) is 12.2. The number of fused-ring (bicyclic) bond motifs is 1. The van der Waals surface area contributed by atoms with Crippen molar-refractivity contribution in [2.24, 2.45) is 0 Å². The number of hydrogen-bond acceptors (Lipinski definition) is 4. The summed E-state index contributed by atoms with van der Waals surface area (Å²) in [6, 6.07) is 11.3. The van der Waals surface area contributed by atoms with Gasteiger partial charge in [0.2, 0.25) is 11.8 Å². The van der Waals surface area contributed by atoms with Crippen molar-refractivity contribution in [1.29, 1.82) is 0 Å².